The summed E-state index contributed by atoms with van der Waals surface area (Å²) in [5.41, 5.74) is 5.00. The van der Waals surface area contributed by atoms with Gasteiger partial charge in [0.1, 0.15) is 11.5 Å². The Bertz CT molecular complexity index is 1540. The smallest absolute Gasteiger partial charge is 0.333 e. The van der Waals surface area contributed by atoms with Gasteiger partial charge in [0.15, 0.2) is 6.10 Å². The van der Waals surface area contributed by atoms with E-state index in [-0.39, 0.29) is 6.42 Å². The maximum Gasteiger partial charge on any atom is 0.333 e. The average Bonchev–Trinajstić information content (AvgIpc) is 3.33. The highest BCUT2D eigenvalue weighted by molar-refractivity contribution is 5.91. The van der Waals surface area contributed by atoms with Crippen LogP contribution in [0.3, 0.4) is 0 Å². The van der Waals surface area contributed by atoms with Crippen LogP contribution in [0.5, 0.6) is 5.75 Å². The van der Waals surface area contributed by atoms with E-state index in [1.54, 1.807) is 0 Å². The molecule has 0 saturated heterocycles. The summed E-state index contributed by atoms with van der Waals surface area (Å²) in [6.07, 6.45) is -0.0259. The number of nitrogens with zero attached hydrogens (tertiary/aromatic N) is 1. The van der Waals surface area contributed by atoms with Crippen molar-refractivity contribution in [1.82, 2.24) is 4.98 Å². The van der Waals surface area contributed by atoms with Gasteiger partial charge in [-0.15, -0.1) is 0 Å². The highest BCUT2D eigenvalue weighted by Gasteiger charge is 2.19. The van der Waals surface area contributed by atoms with E-state index in [1.165, 1.54) is 12.7 Å². The molecule has 0 unspecified atom stereocenters. The molecule has 0 amide bonds. The molecule has 0 aliphatic heterocycles. The van der Waals surface area contributed by atoms with Gasteiger partial charge in [-0.1, -0.05) is 72.8 Å². The second-order valence-corrected chi connectivity index (χ2v) is 9.10. The van der Waals surface area contributed by atoms with E-state index in [1.807, 2.05) is 73.7 Å². The van der Waals surface area contributed by atoms with Crippen molar-refractivity contribution in [3.63, 3.8) is 0 Å². The van der Waals surface area contributed by atoms with E-state index in [9.17, 15) is 9.90 Å². The fourth-order valence-electron chi connectivity index (χ4n) is 4.59. The van der Waals surface area contributed by atoms with E-state index in [0.717, 1.165) is 44.7 Å². The summed E-state index contributed by atoms with van der Waals surface area (Å²) in [6, 6.07) is 30.1. The standard InChI is InChI=1S/C32H29NO5/c1-21-28(33-31(38-21)24-14-12-23(13-15-24)22-8-4-3-5-9-22)18-19-37-29-17-16-25(20-30(36-2)32(34)35)26-10-6-7-11-27(26)29/h3-17,30H,18-20H2,1-2H3,(H,34,35)/t30-/m0/s1. The van der Waals surface area contributed by atoms with E-state index >= 15 is 0 Å². The van der Waals surface area contributed by atoms with Crippen LogP contribution in [-0.2, 0) is 22.4 Å². The lowest BCUT2D eigenvalue weighted by atomic mass is 9.99. The summed E-state index contributed by atoms with van der Waals surface area (Å²) >= 11 is 0. The van der Waals surface area contributed by atoms with Gasteiger partial charge in [0, 0.05) is 30.9 Å². The number of hydrogen-bond donors (Lipinski definition) is 1. The maximum absolute atomic E-state index is 11.4. The van der Waals surface area contributed by atoms with Crippen molar-refractivity contribution in [2.45, 2.75) is 25.9 Å². The summed E-state index contributed by atoms with van der Waals surface area (Å²) in [5.74, 6) is 1.13. The van der Waals surface area contributed by atoms with Gasteiger partial charge in [-0.3, -0.25) is 0 Å². The number of fused-ring (bicyclic) bond motifs is 1. The van der Waals surface area contributed by atoms with Gasteiger partial charge in [0.05, 0.1) is 12.3 Å². The molecule has 1 aromatic heterocycles. The molecule has 6 nitrogen and oxygen atoms in total. The van der Waals surface area contributed by atoms with Gasteiger partial charge in [-0.25, -0.2) is 9.78 Å². The van der Waals surface area contributed by atoms with Crippen LogP contribution in [-0.4, -0.2) is 35.9 Å². The Balaban J connectivity index is 1.28. The number of rotatable bonds is 10. The zero-order chi connectivity index (χ0) is 26.5. The Hall–Kier alpha value is -4.42. The van der Waals surface area contributed by atoms with Crippen LogP contribution in [0, 0.1) is 6.92 Å². The largest absolute Gasteiger partial charge is 0.493 e. The number of carboxylic acid groups (broad SMARTS) is 1. The van der Waals surface area contributed by atoms with Gasteiger partial charge in [-0.2, -0.15) is 0 Å². The van der Waals surface area contributed by atoms with E-state index in [2.05, 4.69) is 24.3 Å². The fourth-order valence-corrected chi connectivity index (χ4v) is 4.59. The molecule has 0 bridgehead atoms. The summed E-state index contributed by atoms with van der Waals surface area (Å²) in [5, 5.41) is 11.3. The van der Waals surface area contributed by atoms with Crippen LogP contribution in [0.1, 0.15) is 17.0 Å². The predicted molar refractivity (Wildman–Crippen MR) is 147 cm³/mol. The Morgan fingerprint density at radius 2 is 1.53 bits per heavy atom. The van der Waals surface area contributed by atoms with Gasteiger partial charge in [-0.05, 0) is 47.2 Å². The number of benzene rings is 4. The molecule has 4 aromatic carbocycles. The van der Waals surface area contributed by atoms with Crippen molar-refractivity contribution in [3.8, 4) is 28.3 Å². The van der Waals surface area contributed by atoms with Crippen molar-refractivity contribution in [2.75, 3.05) is 13.7 Å². The first-order valence-electron chi connectivity index (χ1n) is 12.5. The second kappa shape index (κ2) is 11.3. The number of oxazole rings is 1. The van der Waals surface area contributed by atoms with Crippen LogP contribution >= 0.6 is 0 Å². The first kappa shape index (κ1) is 25.2. The average molecular weight is 508 g/mol. The zero-order valence-electron chi connectivity index (χ0n) is 21.4. The number of aryl methyl sites for hydroxylation is 1. The normalized spacial score (nSPS) is 11.9. The quantitative estimate of drug-likeness (QED) is 0.226. The number of aliphatic carboxylic acids is 1. The van der Waals surface area contributed by atoms with Crippen LogP contribution in [0.4, 0.5) is 0 Å². The Morgan fingerprint density at radius 1 is 0.868 bits per heavy atom. The van der Waals surface area contributed by atoms with Gasteiger partial charge in [0.2, 0.25) is 5.89 Å². The Morgan fingerprint density at radius 3 is 2.24 bits per heavy atom. The molecule has 1 heterocycles. The molecule has 192 valence electrons. The van der Waals surface area contributed by atoms with Crippen molar-refractivity contribution < 1.29 is 23.8 Å². The second-order valence-electron chi connectivity index (χ2n) is 9.10. The third-order valence-electron chi connectivity index (χ3n) is 6.67. The molecular formula is C32H29NO5. The van der Waals surface area contributed by atoms with Crippen molar-refractivity contribution in [2.24, 2.45) is 0 Å². The van der Waals surface area contributed by atoms with Crippen LogP contribution < -0.4 is 4.74 Å². The molecule has 0 radical (unpaired) electrons. The lowest BCUT2D eigenvalue weighted by molar-refractivity contribution is -0.148. The molecule has 1 atom stereocenters. The molecule has 0 saturated carbocycles. The number of carbonyl (C=O) groups is 1. The summed E-state index contributed by atoms with van der Waals surface area (Å²) in [4.78, 5) is 16.2. The lowest BCUT2D eigenvalue weighted by Gasteiger charge is -2.15. The topological polar surface area (TPSA) is 81.8 Å². The summed E-state index contributed by atoms with van der Waals surface area (Å²) in [6.45, 7) is 2.35. The molecule has 0 fully saturated rings. The third kappa shape index (κ3) is 5.45. The zero-order valence-corrected chi connectivity index (χ0v) is 21.4. The first-order chi connectivity index (χ1) is 18.5. The highest BCUT2D eigenvalue weighted by atomic mass is 16.5. The van der Waals surface area contributed by atoms with Crippen molar-refractivity contribution in [1.29, 1.82) is 0 Å². The third-order valence-corrected chi connectivity index (χ3v) is 6.67. The molecule has 38 heavy (non-hydrogen) atoms. The van der Waals surface area contributed by atoms with Crippen molar-refractivity contribution in [3.05, 3.63) is 108 Å². The van der Waals surface area contributed by atoms with Gasteiger partial charge < -0.3 is 19.0 Å². The Kier molecular flexibility index (Phi) is 7.52. The predicted octanol–water partition coefficient (Wildman–Crippen LogP) is 6.73. The molecule has 0 aliphatic rings. The minimum absolute atomic E-state index is 0.278. The molecule has 5 rings (SSSR count). The van der Waals surface area contributed by atoms with E-state index in [4.69, 9.17) is 18.9 Å². The first-order valence-corrected chi connectivity index (χ1v) is 12.5. The molecular weight excluding hydrogens is 478 g/mol. The molecule has 0 aliphatic carbocycles. The van der Waals surface area contributed by atoms with Crippen molar-refractivity contribution >= 4 is 16.7 Å². The van der Waals surface area contributed by atoms with Crippen LogP contribution in [0.15, 0.2) is 95.4 Å². The SMILES string of the molecule is CO[C@@H](Cc1ccc(OCCc2nc(-c3ccc(-c4ccccc4)cc3)oc2C)c2ccccc12)C(=O)O. The highest BCUT2D eigenvalue weighted by Crippen LogP contribution is 2.30. The van der Waals surface area contributed by atoms with Gasteiger partial charge in [0.25, 0.3) is 0 Å². The number of ether oxygens (including phenoxy) is 2. The molecule has 5 aromatic rings. The lowest BCUT2D eigenvalue weighted by Crippen LogP contribution is -2.24. The molecule has 1 N–H and O–H groups in total. The number of methoxy groups -OCH3 is 1. The van der Waals surface area contributed by atoms with Crippen LogP contribution in [0.25, 0.3) is 33.4 Å². The summed E-state index contributed by atoms with van der Waals surface area (Å²) in [7, 11) is 1.41. The van der Waals surface area contributed by atoms with Crippen LogP contribution in [0.2, 0.25) is 0 Å². The minimum atomic E-state index is -0.980. The minimum Gasteiger partial charge on any atom is -0.493 e. The fraction of sp³-hybridized carbons (Fsp3) is 0.188. The number of carboxylic acids is 1. The van der Waals surface area contributed by atoms with E-state index in [0.29, 0.717) is 18.9 Å². The van der Waals surface area contributed by atoms with E-state index < -0.39 is 12.1 Å². The number of aromatic nitrogens is 1. The monoisotopic (exact) mass is 507 g/mol. The Labute approximate surface area is 221 Å². The summed E-state index contributed by atoms with van der Waals surface area (Å²) < 4.78 is 17.3. The number of hydrogen-bond acceptors (Lipinski definition) is 5. The molecule has 6 heteroatoms. The molecule has 0 spiro atoms. The van der Waals surface area contributed by atoms with Gasteiger partial charge >= 0.3 is 5.97 Å². The maximum atomic E-state index is 11.4.